The molecule has 2 unspecified atom stereocenters. The van der Waals surface area contributed by atoms with Crippen LogP contribution < -0.4 is 10.6 Å². The molecule has 1 saturated carbocycles. The molecule has 0 spiro atoms. The third-order valence-corrected chi connectivity index (χ3v) is 4.73. The largest absolute Gasteiger partial charge is 0.367 e. The summed E-state index contributed by atoms with van der Waals surface area (Å²) in [4.78, 5) is 2.41. The van der Waals surface area contributed by atoms with Crippen molar-refractivity contribution in [3.63, 3.8) is 0 Å². The Bertz CT molecular complexity index is 399. The van der Waals surface area contributed by atoms with E-state index in [1.807, 2.05) is 0 Å². The number of rotatable bonds is 3. The number of nitrogens with zero attached hydrogens (tertiary/aromatic N) is 1. The number of likely N-dealkylation sites (N-methyl/N-ethyl adjacent to an activating group) is 1. The predicted molar refractivity (Wildman–Crippen MR) is 78.8 cm³/mol. The number of anilines is 1. The second kappa shape index (κ2) is 4.58. The van der Waals surface area contributed by atoms with Crippen LogP contribution in [-0.4, -0.2) is 19.1 Å². The van der Waals surface area contributed by atoms with Gasteiger partial charge in [-0.1, -0.05) is 39.0 Å². The summed E-state index contributed by atoms with van der Waals surface area (Å²) < 4.78 is 0. The summed E-state index contributed by atoms with van der Waals surface area (Å²) in [5.41, 5.74) is 7.94. The molecule has 1 aromatic rings. The molecule has 1 aliphatic rings. The van der Waals surface area contributed by atoms with E-state index in [0.717, 1.165) is 6.54 Å². The van der Waals surface area contributed by atoms with Gasteiger partial charge in [0.2, 0.25) is 0 Å². The summed E-state index contributed by atoms with van der Waals surface area (Å²) in [7, 11) is 2.19. The van der Waals surface area contributed by atoms with Gasteiger partial charge >= 0.3 is 0 Å². The maximum Gasteiger partial charge on any atom is 0.0551 e. The minimum absolute atomic E-state index is 0.102. The van der Waals surface area contributed by atoms with E-state index >= 15 is 0 Å². The topological polar surface area (TPSA) is 29.3 Å². The van der Waals surface area contributed by atoms with Crippen LogP contribution in [-0.2, 0) is 0 Å². The van der Waals surface area contributed by atoms with Gasteiger partial charge in [0.25, 0.3) is 0 Å². The average molecular weight is 246 g/mol. The van der Waals surface area contributed by atoms with E-state index in [-0.39, 0.29) is 5.54 Å². The zero-order valence-electron chi connectivity index (χ0n) is 12.1. The van der Waals surface area contributed by atoms with Crippen LogP contribution in [0.15, 0.2) is 30.3 Å². The van der Waals surface area contributed by atoms with E-state index in [9.17, 15) is 0 Å². The van der Waals surface area contributed by atoms with Crippen molar-refractivity contribution in [1.82, 2.24) is 0 Å². The molecule has 0 saturated heterocycles. The first-order valence-electron chi connectivity index (χ1n) is 6.90. The second-order valence-corrected chi connectivity index (χ2v) is 6.65. The lowest BCUT2D eigenvalue weighted by Gasteiger charge is -2.43. The van der Waals surface area contributed by atoms with Gasteiger partial charge in [0, 0.05) is 19.3 Å². The molecule has 0 amide bonds. The maximum absolute atomic E-state index is 6.18. The number of para-hydroxylation sites is 1. The van der Waals surface area contributed by atoms with E-state index < -0.39 is 0 Å². The molecule has 0 heterocycles. The molecule has 18 heavy (non-hydrogen) atoms. The van der Waals surface area contributed by atoms with Gasteiger partial charge in [-0.25, -0.2) is 0 Å². The molecule has 2 N–H and O–H groups in total. The third-order valence-electron chi connectivity index (χ3n) is 4.73. The van der Waals surface area contributed by atoms with E-state index in [1.165, 1.54) is 18.5 Å². The Morgan fingerprint density at radius 2 is 1.89 bits per heavy atom. The lowest BCUT2D eigenvalue weighted by molar-refractivity contribution is 0.316. The standard InChI is InChI=1S/C16H26N2/c1-13-10-15(2,3)11-16(13,12-17)18(4)14-8-6-5-7-9-14/h5-9,13H,10-12,17H2,1-4H3. The van der Waals surface area contributed by atoms with Gasteiger partial charge < -0.3 is 10.6 Å². The Kier molecular flexibility index (Phi) is 3.41. The fourth-order valence-corrected chi connectivity index (χ4v) is 3.86. The van der Waals surface area contributed by atoms with Gasteiger partial charge in [0.1, 0.15) is 0 Å². The predicted octanol–water partition coefficient (Wildman–Crippen LogP) is 3.28. The first-order valence-corrected chi connectivity index (χ1v) is 6.90. The van der Waals surface area contributed by atoms with Crippen molar-refractivity contribution in [1.29, 1.82) is 0 Å². The zero-order valence-corrected chi connectivity index (χ0v) is 12.1. The number of hydrogen-bond acceptors (Lipinski definition) is 2. The summed E-state index contributed by atoms with van der Waals surface area (Å²) in [6.45, 7) is 7.80. The van der Waals surface area contributed by atoms with Crippen molar-refractivity contribution >= 4 is 5.69 Å². The van der Waals surface area contributed by atoms with Gasteiger partial charge in [-0.2, -0.15) is 0 Å². The molecule has 1 fully saturated rings. The summed E-state index contributed by atoms with van der Waals surface area (Å²) in [6.07, 6.45) is 2.42. The Hall–Kier alpha value is -1.02. The van der Waals surface area contributed by atoms with Crippen molar-refractivity contribution in [3.8, 4) is 0 Å². The van der Waals surface area contributed by atoms with Gasteiger partial charge in [-0.3, -0.25) is 0 Å². The van der Waals surface area contributed by atoms with Gasteiger partial charge in [0.05, 0.1) is 5.54 Å². The monoisotopic (exact) mass is 246 g/mol. The fraction of sp³-hybridized carbons (Fsp3) is 0.625. The third kappa shape index (κ3) is 2.14. The summed E-state index contributed by atoms with van der Waals surface area (Å²) >= 11 is 0. The van der Waals surface area contributed by atoms with Crippen LogP contribution in [0.25, 0.3) is 0 Å². The Morgan fingerprint density at radius 1 is 1.28 bits per heavy atom. The molecule has 0 radical (unpaired) electrons. The number of hydrogen-bond donors (Lipinski definition) is 1. The minimum Gasteiger partial charge on any atom is -0.367 e. The van der Waals surface area contributed by atoms with E-state index in [0.29, 0.717) is 11.3 Å². The highest BCUT2D eigenvalue weighted by Gasteiger charge is 2.50. The van der Waals surface area contributed by atoms with Crippen molar-refractivity contribution in [3.05, 3.63) is 30.3 Å². The molecule has 1 aliphatic carbocycles. The normalized spacial score (nSPS) is 30.4. The van der Waals surface area contributed by atoms with Gasteiger partial charge in [-0.15, -0.1) is 0 Å². The number of nitrogens with two attached hydrogens (primary N) is 1. The van der Waals surface area contributed by atoms with Crippen LogP contribution in [0.4, 0.5) is 5.69 Å². The van der Waals surface area contributed by atoms with Crippen molar-refractivity contribution in [2.24, 2.45) is 17.1 Å². The highest BCUT2D eigenvalue weighted by Crippen LogP contribution is 2.50. The fourth-order valence-electron chi connectivity index (χ4n) is 3.86. The van der Waals surface area contributed by atoms with Crippen molar-refractivity contribution < 1.29 is 0 Å². The first-order chi connectivity index (χ1) is 8.41. The first kappa shape index (κ1) is 13.4. The second-order valence-electron chi connectivity index (χ2n) is 6.65. The van der Waals surface area contributed by atoms with Crippen LogP contribution in [0.5, 0.6) is 0 Å². The molecule has 100 valence electrons. The Morgan fingerprint density at radius 3 is 2.33 bits per heavy atom. The highest BCUT2D eigenvalue weighted by atomic mass is 15.2. The molecular formula is C16H26N2. The average Bonchev–Trinajstić information content (AvgIpc) is 2.59. The molecule has 2 heteroatoms. The van der Waals surface area contributed by atoms with Crippen LogP contribution >= 0.6 is 0 Å². The Balaban J connectivity index is 2.34. The minimum atomic E-state index is 0.102. The van der Waals surface area contributed by atoms with Gasteiger partial charge in [-0.05, 0) is 36.3 Å². The van der Waals surface area contributed by atoms with Crippen LogP contribution in [0.1, 0.15) is 33.6 Å². The highest BCUT2D eigenvalue weighted by molar-refractivity contribution is 5.49. The van der Waals surface area contributed by atoms with E-state index in [2.05, 4.69) is 63.1 Å². The Labute approximate surface area is 111 Å². The lowest BCUT2D eigenvalue weighted by atomic mass is 9.84. The molecule has 0 bridgehead atoms. The molecule has 1 aromatic carbocycles. The molecule has 2 rings (SSSR count). The lowest BCUT2D eigenvalue weighted by Crippen LogP contribution is -2.54. The molecule has 2 atom stereocenters. The van der Waals surface area contributed by atoms with E-state index in [1.54, 1.807) is 0 Å². The van der Waals surface area contributed by atoms with Crippen LogP contribution in [0.3, 0.4) is 0 Å². The quantitative estimate of drug-likeness (QED) is 0.887. The van der Waals surface area contributed by atoms with Crippen LogP contribution in [0, 0.1) is 11.3 Å². The van der Waals surface area contributed by atoms with Gasteiger partial charge in [0.15, 0.2) is 0 Å². The maximum atomic E-state index is 6.18. The molecule has 0 aromatic heterocycles. The summed E-state index contributed by atoms with van der Waals surface area (Å²) in [5.74, 6) is 0.628. The van der Waals surface area contributed by atoms with Crippen molar-refractivity contribution in [2.75, 3.05) is 18.5 Å². The smallest absolute Gasteiger partial charge is 0.0551 e. The van der Waals surface area contributed by atoms with Crippen LogP contribution in [0.2, 0.25) is 0 Å². The summed E-state index contributed by atoms with van der Waals surface area (Å²) in [6, 6.07) is 10.6. The van der Waals surface area contributed by atoms with E-state index in [4.69, 9.17) is 5.73 Å². The SMILES string of the molecule is CC1CC(C)(C)CC1(CN)N(C)c1ccccc1. The molecular weight excluding hydrogens is 220 g/mol. The molecule has 0 aliphatic heterocycles. The zero-order chi connectivity index (χ0) is 13.4. The molecule has 2 nitrogen and oxygen atoms in total. The van der Waals surface area contributed by atoms with Crippen molar-refractivity contribution in [2.45, 2.75) is 39.2 Å². The number of benzene rings is 1. The summed E-state index contributed by atoms with van der Waals surface area (Å²) in [5, 5.41) is 0.